The van der Waals surface area contributed by atoms with Gasteiger partial charge in [-0.05, 0) is 23.6 Å². The molecule has 7 heteroatoms. The lowest BCUT2D eigenvalue weighted by molar-refractivity contribution is -0.139. The molecule has 0 aliphatic heterocycles. The van der Waals surface area contributed by atoms with Gasteiger partial charge in [-0.1, -0.05) is 0 Å². The molecule has 1 atom stereocenters. The van der Waals surface area contributed by atoms with Gasteiger partial charge >= 0.3 is 5.97 Å². The molecule has 0 spiro atoms. The van der Waals surface area contributed by atoms with E-state index in [0.717, 1.165) is 0 Å². The summed E-state index contributed by atoms with van der Waals surface area (Å²) in [5.41, 5.74) is 0.700. The van der Waals surface area contributed by atoms with Crippen molar-refractivity contribution in [2.45, 2.75) is 12.5 Å². The molecule has 6 nitrogen and oxygen atoms in total. The number of aromatic nitrogens is 1. The summed E-state index contributed by atoms with van der Waals surface area (Å²) in [5.74, 6) is -1.61. The van der Waals surface area contributed by atoms with Crippen LogP contribution in [0.25, 0.3) is 5.69 Å². The molecule has 2 aromatic heterocycles. The van der Waals surface area contributed by atoms with Crippen molar-refractivity contribution in [3.63, 3.8) is 0 Å². The van der Waals surface area contributed by atoms with Crippen LogP contribution >= 0.6 is 11.3 Å². The third-order valence-corrected chi connectivity index (χ3v) is 3.66. The zero-order valence-electron chi connectivity index (χ0n) is 10.5. The summed E-state index contributed by atoms with van der Waals surface area (Å²) in [6.45, 7) is -0.299. The minimum absolute atomic E-state index is 0.0225. The van der Waals surface area contributed by atoms with Crippen LogP contribution in [0.5, 0.6) is 0 Å². The molecule has 0 bridgehead atoms. The Morgan fingerprint density at radius 1 is 1.35 bits per heavy atom. The maximum Gasteiger partial charge on any atom is 0.326 e. The largest absolute Gasteiger partial charge is 0.480 e. The molecule has 106 valence electrons. The van der Waals surface area contributed by atoms with Gasteiger partial charge in [0.1, 0.15) is 10.9 Å². The van der Waals surface area contributed by atoms with E-state index in [1.807, 2.05) is 12.1 Å². The van der Waals surface area contributed by atoms with E-state index in [4.69, 9.17) is 10.2 Å². The second kappa shape index (κ2) is 6.36. The Kier molecular flexibility index (Phi) is 4.54. The fraction of sp³-hybridized carbons (Fsp3) is 0.231. The molecule has 2 rings (SSSR count). The Morgan fingerprint density at radius 3 is 2.65 bits per heavy atom. The first kappa shape index (κ1) is 14.3. The van der Waals surface area contributed by atoms with Crippen molar-refractivity contribution in [3.05, 3.63) is 40.8 Å². The monoisotopic (exact) mass is 294 g/mol. The third-order valence-electron chi connectivity index (χ3n) is 2.75. The SMILES string of the molecule is O=C(N[C@H](CCO)C(=O)O)c1sccc1-n1cccc1. The quantitative estimate of drug-likeness (QED) is 0.744. The number of hydrogen-bond acceptors (Lipinski definition) is 4. The van der Waals surface area contributed by atoms with E-state index in [2.05, 4.69) is 5.32 Å². The number of nitrogens with one attached hydrogen (secondary N) is 1. The average Bonchev–Trinajstić information content (AvgIpc) is 3.08. The van der Waals surface area contributed by atoms with Crippen molar-refractivity contribution in [2.24, 2.45) is 0 Å². The van der Waals surface area contributed by atoms with Crippen molar-refractivity contribution in [1.29, 1.82) is 0 Å². The molecule has 2 heterocycles. The number of carbonyl (C=O) groups excluding carboxylic acids is 1. The fourth-order valence-electron chi connectivity index (χ4n) is 1.78. The highest BCUT2D eigenvalue weighted by Crippen LogP contribution is 2.21. The van der Waals surface area contributed by atoms with Gasteiger partial charge in [-0.3, -0.25) is 4.79 Å². The predicted octanol–water partition coefficient (Wildman–Crippen LogP) is 1.10. The zero-order chi connectivity index (χ0) is 14.5. The summed E-state index contributed by atoms with van der Waals surface area (Å²) in [7, 11) is 0. The molecule has 0 saturated carbocycles. The molecule has 20 heavy (non-hydrogen) atoms. The number of carboxylic acids is 1. The second-order valence-corrected chi connectivity index (χ2v) is 5.02. The lowest BCUT2D eigenvalue weighted by Crippen LogP contribution is -2.41. The van der Waals surface area contributed by atoms with Gasteiger partial charge in [0.2, 0.25) is 0 Å². The summed E-state index contributed by atoms with van der Waals surface area (Å²) in [5, 5.41) is 22.0. The number of aliphatic hydroxyl groups is 1. The number of thiophene rings is 1. The zero-order valence-corrected chi connectivity index (χ0v) is 11.3. The Hall–Kier alpha value is -2.12. The molecule has 0 radical (unpaired) electrons. The number of carboxylic acid groups (broad SMARTS) is 1. The fourth-order valence-corrected chi connectivity index (χ4v) is 2.57. The van der Waals surface area contributed by atoms with Gasteiger partial charge in [0.15, 0.2) is 0 Å². The second-order valence-electron chi connectivity index (χ2n) is 4.10. The Morgan fingerprint density at radius 2 is 2.05 bits per heavy atom. The molecule has 0 aliphatic carbocycles. The van der Waals surface area contributed by atoms with E-state index in [1.54, 1.807) is 28.4 Å². The number of carbonyl (C=O) groups is 2. The Bertz CT molecular complexity index is 591. The lowest BCUT2D eigenvalue weighted by atomic mass is 10.2. The summed E-state index contributed by atoms with van der Waals surface area (Å²) in [6.07, 6.45) is 3.59. The summed E-state index contributed by atoms with van der Waals surface area (Å²) in [6, 6.07) is 4.38. The third kappa shape index (κ3) is 3.06. The number of aliphatic hydroxyl groups excluding tert-OH is 1. The molecule has 0 aliphatic rings. The first-order valence-corrected chi connectivity index (χ1v) is 6.87. The highest BCUT2D eigenvalue weighted by molar-refractivity contribution is 7.12. The van der Waals surface area contributed by atoms with Gasteiger partial charge in [0.25, 0.3) is 5.91 Å². The molecule has 0 saturated heterocycles. The van der Waals surface area contributed by atoms with Crippen molar-refractivity contribution < 1.29 is 19.8 Å². The van der Waals surface area contributed by atoms with Crippen LogP contribution in [0.1, 0.15) is 16.1 Å². The van der Waals surface area contributed by atoms with Crippen molar-refractivity contribution >= 4 is 23.2 Å². The van der Waals surface area contributed by atoms with E-state index < -0.39 is 17.9 Å². The van der Waals surface area contributed by atoms with Gasteiger partial charge in [-0.2, -0.15) is 0 Å². The maximum atomic E-state index is 12.2. The van der Waals surface area contributed by atoms with Crippen LogP contribution in [0.3, 0.4) is 0 Å². The maximum absolute atomic E-state index is 12.2. The molecule has 0 unspecified atom stereocenters. The van der Waals surface area contributed by atoms with E-state index >= 15 is 0 Å². The van der Waals surface area contributed by atoms with Gasteiger partial charge < -0.3 is 20.1 Å². The number of aliphatic carboxylic acids is 1. The molecular formula is C13H14N2O4S. The standard InChI is InChI=1S/C13H14N2O4S/c16-7-3-9(13(18)19)14-12(17)11-10(4-8-20-11)15-5-1-2-6-15/h1-2,4-6,8-9,16H,3,7H2,(H,14,17)(H,18,19)/t9-/m1/s1. The lowest BCUT2D eigenvalue weighted by Gasteiger charge is -2.13. The van der Waals surface area contributed by atoms with Gasteiger partial charge in [0.05, 0.1) is 5.69 Å². The number of rotatable bonds is 6. The highest BCUT2D eigenvalue weighted by atomic mass is 32.1. The molecule has 0 fully saturated rings. The van der Waals surface area contributed by atoms with Crippen LogP contribution in [0.2, 0.25) is 0 Å². The summed E-state index contributed by atoms with van der Waals surface area (Å²) < 4.78 is 1.78. The van der Waals surface area contributed by atoms with Gasteiger partial charge in [0, 0.05) is 25.4 Å². The van der Waals surface area contributed by atoms with Crippen LogP contribution in [-0.4, -0.2) is 39.3 Å². The minimum Gasteiger partial charge on any atom is -0.480 e. The minimum atomic E-state index is -1.16. The average molecular weight is 294 g/mol. The number of nitrogens with zero attached hydrogens (tertiary/aromatic N) is 1. The van der Waals surface area contributed by atoms with E-state index in [0.29, 0.717) is 10.6 Å². The molecular weight excluding hydrogens is 280 g/mol. The van der Waals surface area contributed by atoms with Crippen molar-refractivity contribution in [1.82, 2.24) is 9.88 Å². The smallest absolute Gasteiger partial charge is 0.326 e. The first-order valence-electron chi connectivity index (χ1n) is 5.99. The van der Waals surface area contributed by atoms with E-state index in [1.165, 1.54) is 11.3 Å². The van der Waals surface area contributed by atoms with Crippen LogP contribution in [0, 0.1) is 0 Å². The topological polar surface area (TPSA) is 91.6 Å². The molecule has 2 aromatic rings. The van der Waals surface area contributed by atoms with Crippen LogP contribution in [-0.2, 0) is 4.79 Å². The summed E-state index contributed by atoms with van der Waals surface area (Å²) >= 11 is 1.24. The Balaban J connectivity index is 2.18. The molecule has 0 aromatic carbocycles. The molecule has 3 N–H and O–H groups in total. The van der Waals surface area contributed by atoms with Crippen molar-refractivity contribution in [3.8, 4) is 5.69 Å². The first-order chi connectivity index (χ1) is 9.63. The predicted molar refractivity (Wildman–Crippen MR) is 74.2 cm³/mol. The van der Waals surface area contributed by atoms with Crippen LogP contribution < -0.4 is 5.32 Å². The number of hydrogen-bond donors (Lipinski definition) is 3. The van der Waals surface area contributed by atoms with Crippen LogP contribution in [0.4, 0.5) is 0 Å². The van der Waals surface area contributed by atoms with E-state index in [9.17, 15) is 9.59 Å². The Labute approximate surface area is 119 Å². The number of amides is 1. The molecule has 1 amide bonds. The van der Waals surface area contributed by atoms with Gasteiger partial charge in [-0.15, -0.1) is 11.3 Å². The van der Waals surface area contributed by atoms with Crippen molar-refractivity contribution in [2.75, 3.05) is 6.61 Å². The highest BCUT2D eigenvalue weighted by Gasteiger charge is 2.22. The summed E-state index contributed by atoms with van der Waals surface area (Å²) in [4.78, 5) is 23.6. The van der Waals surface area contributed by atoms with Crippen LogP contribution in [0.15, 0.2) is 36.0 Å². The van der Waals surface area contributed by atoms with E-state index in [-0.39, 0.29) is 13.0 Å². The normalized spacial score (nSPS) is 12.1. The van der Waals surface area contributed by atoms with Gasteiger partial charge in [-0.25, -0.2) is 4.79 Å².